The Labute approximate surface area is 677 Å². The maximum atomic E-state index is 14.2. The summed E-state index contributed by atoms with van der Waals surface area (Å²) in [5.41, 5.74) is 20.8. The number of likely N-dealkylation sites (N-methyl/N-ethyl adjacent to an activating group) is 1. The van der Waals surface area contributed by atoms with Crippen LogP contribution in [-0.2, 0) is 55.6 Å². The van der Waals surface area contributed by atoms with Crippen LogP contribution >= 0.6 is 34.8 Å². The Morgan fingerprint density at radius 2 is 0.769 bits per heavy atom. The molecule has 0 saturated carbocycles. The van der Waals surface area contributed by atoms with Crippen LogP contribution in [0, 0.1) is 5.82 Å². The number of alkyl halides is 14. The van der Waals surface area contributed by atoms with Crippen LogP contribution in [0.5, 0.6) is 0 Å². The number of hydrogen-bond acceptors (Lipinski definition) is 17. The average Bonchev–Trinajstić information content (AvgIpc) is 1.75. The van der Waals surface area contributed by atoms with Gasteiger partial charge in [-0.25, -0.2) is 13.2 Å². The Kier molecular flexibility index (Phi) is 33.5. The number of anilines is 4. The lowest BCUT2D eigenvalue weighted by molar-refractivity contribution is -0.142. The predicted molar refractivity (Wildman–Crippen MR) is 408 cm³/mol. The zero-order valence-electron chi connectivity index (χ0n) is 63.3. The lowest BCUT2D eigenvalue weighted by atomic mass is 10.1. The standard InChI is InChI=1S/C19H23ClF3N5O2.C19H25F4N5O.2C18H20ClF4N5O/c20-14-3-1-4-15(24)13(14)12-28(7-6-27-5-2-9-30-10-8-27)18(29)16-11-17(26-25-16)19(21,22)23;1-3-8-27(4-2)9-10-28(12-13-14(20)6-5-7-15(13)24)18(29)16-11-17(26-25-16)19(21,22)23;2*19-13-2-1-3-14(24)12(13)10-28(7-6-27-5-4-11(20)9-27)17(29)15-8-16(26-25-15)18(21,22)23/h1,3-4,11H,2,5-10,12,24H2,(H,25,26);5-7,11H,3-4,8-10,12,24H2,1-2H3,(H,25,26);2*1-3,8,11H,4-7,9-10,24H2,(H,25,26)/t;;2*11-/m..10/s1. The van der Waals surface area contributed by atoms with Crippen molar-refractivity contribution in [3.8, 4) is 0 Å². The third-order valence-corrected chi connectivity index (χ3v) is 20.1. The zero-order valence-corrected chi connectivity index (χ0v) is 65.6. The molecule has 3 saturated heterocycles. The fourth-order valence-corrected chi connectivity index (χ4v) is 13.2. The van der Waals surface area contributed by atoms with Gasteiger partial charge in [0.25, 0.3) is 23.6 Å². The quantitative estimate of drug-likeness (QED) is 0.0175. The monoisotopic (exact) mass is 1730 g/mol. The second-order valence-corrected chi connectivity index (χ2v) is 28.6. The van der Waals surface area contributed by atoms with E-state index in [1.54, 1.807) is 54.6 Å². The molecular weight excluding hydrogens is 1640 g/mol. The van der Waals surface area contributed by atoms with Crippen molar-refractivity contribution in [2.45, 2.75) is 103 Å². The first-order valence-corrected chi connectivity index (χ1v) is 37.9. The van der Waals surface area contributed by atoms with Gasteiger partial charge in [-0.2, -0.15) is 73.1 Å². The summed E-state index contributed by atoms with van der Waals surface area (Å²) in [6.07, 6.45) is -17.8. The van der Waals surface area contributed by atoms with Crippen molar-refractivity contribution in [3.63, 3.8) is 0 Å². The van der Waals surface area contributed by atoms with Crippen LogP contribution < -0.4 is 22.9 Å². The molecule has 3 aliphatic heterocycles. The summed E-state index contributed by atoms with van der Waals surface area (Å²) in [5, 5.41) is 22.5. The number of aromatic nitrogens is 8. The molecule has 4 aromatic heterocycles. The molecule has 0 bridgehead atoms. The number of rotatable bonds is 27. The number of aromatic amines is 4. The summed E-state index contributed by atoms with van der Waals surface area (Å²) in [5.74, 6) is -3.35. The molecule has 0 radical (unpaired) electrons. The number of ether oxygens (including phenoxy) is 1. The summed E-state index contributed by atoms with van der Waals surface area (Å²) < 4.78 is 201. The van der Waals surface area contributed by atoms with Crippen molar-refractivity contribution in [1.82, 2.24) is 80.0 Å². The molecular formula is C74H88Cl3F15N20O5. The van der Waals surface area contributed by atoms with Gasteiger partial charge in [-0.05, 0) is 87.3 Å². The van der Waals surface area contributed by atoms with Gasteiger partial charge in [0.1, 0.15) is 40.9 Å². The summed E-state index contributed by atoms with van der Waals surface area (Å²) in [6, 6.07) is 21.6. The zero-order chi connectivity index (χ0) is 85.7. The lowest BCUT2D eigenvalue weighted by Gasteiger charge is -2.27. The van der Waals surface area contributed by atoms with E-state index >= 15 is 0 Å². The van der Waals surface area contributed by atoms with Crippen molar-refractivity contribution in [2.75, 3.05) is 141 Å². The number of nitrogen functional groups attached to an aromatic ring is 4. The Bertz CT molecular complexity index is 4160. The van der Waals surface area contributed by atoms with E-state index in [2.05, 4.69) is 30.2 Å². The Morgan fingerprint density at radius 3 is 1.07 bits per heavy atom. The maximum absolute atomic E-state index is 14.2. The number of amides is 4. The van der Waals surface area contributed by atoms with Gasteiger partial charge >= 0.3 is 24.7 Å². The van der Waals surface area contributed by atoms with Crippen molar-refractivity contribution in [2.24, 2.45) is 0 Å². The third kappa shape index (κ3) is 27.2. The smallest absolute Gasteiger partial charge is 0.398 e. The Balaban J connectivity index is 0.000000195. The highest BCUT2D eigenvalue weighted by molar-refractivity contribution is 6.32. The maximum Gasteiger partial charge on any atom is 0.432 e. The van der Waals surface area contributed by atoms with E-state index < -0.39 is 89.3 Å². The molecule has 3 fully saturated rings. The molecule has 8 aromatic rings. The SMILES string of the molecule is CCCN(CC)CCN(Cc1c(N)cccc1F)C(=O)c1cc(C(F)(F)F)[nH]n1.Nc1cccc(Cl)c1CN(CCN1CCCOCC1)C(=O)c1cc(C(F)(F)F)[nH]n1.Nc1cccc(Cl)c1CN(CCN1CC[C@@H](F)C1)C(=O)c1cc(C(F)(F)F)[nH]n1.Nc1cccc(Cl)c1CN(CCN1CC[C@H](F)C1)C(=O)c1cc(C(F)(F)F)[nH]n1. The van der Waals surface area contributed by atoms with Gasteiger partial charge in [-0.3, -0.25) is 54.3 Å². The van der Waals surface area contributed by atoms with E-state index in [0.717, 1.165) is 39.0 Å². The predicted octanol–water partition coefficient (Wildman–Crippen LogP) is 13.3. The summed E-state index contributed by atoms with van der Waals surface area (Å²) in [7, 11) is 0. The number of likely N-dealkylation sites (tertiary alicyclic amines) is 2. The number of nitrogens with zero attached hydrogens (tertiary/aromatic N) is 12. The van der Waals surface area contributed by atoms with Crippen LogP contribution in [0.25, 0.3) is 0 Å². The van der Waals surface area contributed by atoms with Gasteiger partial charge < -0.3 is 52.2 Å². The normalized spacial score (nSPS) is 15.7. The van der Waals surface area contributed by atoms with Gasteiger partial charge in [0.2, 0.25) is 0 Å². The van der Waals surface area contributed by atoms with Crippen LogP contribution in [0.1, 0.15) is 127 Å². The van der Waals surface area contributed by atoms with Crippen molar-refractivity contribution >= 4 is 81.2 Å². The van der Waals surface area contributed by atoms with Gasteiger partial charge in [0.05, 0.1) is 13.2 Å². The number of carbonyl (C=O) groups excluding carboxylic acids is 4. The number of nitrogens with one attached hydrogen (secondary N) is 4. The number of benzene rings is 4. The molecule has 640 valence electrons. The van der Waals surface area contributed by atoms with E-state index in [1.807, 2.05) is 44.0 Å². The first kappa shape index (κ1) is 92.9. The van der Waals surface area contributed by atoms with Crippen LogP contribution in [-0.4, -0.2) is 234 Å². The van der Waals surface area contributed by atoms with E-state index in [0.29, 0.717) is 138 Å². The van der Waals surface area contributed by atoms with Gasteiger partial charge in [-0.15, -0.1) is 0 Å². The van der Waals surface area contributed by atoms with E-state index in [1.165, 1.54) is 37.8 Å². The second kappa shape index (κ2) is 42.2. The van der Waals surface area contributed by atoms with Crippen LogP contribution in [0.4, 0.5) is 88.6 Å². The Morgan fingerprint density at radius 1 is 0.444 bits per heavy atom. The van der Waals surface area contributed by atoms with Crippen LogP contribution in [0.15, 0.2) is 97.1 Å². The highest BCUT2D eigenvalue weighted by Gasteiger charge is 2.39. The van der Waals surface area contributed by atoms with E-state index in [4.69, 9.17) is 62.5 Å². The Hall–Kier alpha value is -9.58. The van der Waals surface area contributed by atoms with Gasteiger partial charge in [0.15, 0.2) is 22.8 Å². The largest absolute Gasteiger partial charge is 0.432 e. The molecule has 117 heavy (non-hydrogen) atoms. The first-order valence-electron chi connectivity index (χ1n) is 36.8. The number of carbonyl (C=O) groups is 4. The first-order chi connectivity index (χ1) is 55.2. The van der Waals surface area contributed by atoms with Crippen molar-refractivity contribution < 1.29 is 89.8 Å². The fourth-order valence-electron chi connectivity index (χ4n) is 12.5. The third-order valence-electron chi connectivity index (χ3n) is 19.1. The topological polar surface area (TPSA) is 322 Å². The fraction of sp³-hybridized carbons (Fsp3) is 0.459. The van der Waals surface area contributed by atoms with E-state index in [9.17, 15) is 85.0 Å². The molecule has 3 aliphatic rings. The molecule has 0 aliphatic carbocycles. The second-order valence-electron chi connectivity index (χ2n) is 27.4. The lowest BCUT2D eigenvalue weighted by Crippen LogP contribution is -2.39. The molecule has 12 N–H and O–H groups in total. The van der Waals surface area contributed by atoms with Crippen molar-refractivity contribution in [1.29, 1.82) is 0 Å². The molecule has 2 atom stereocenters. The van der Waals surface area contributed by atoms with Crippen molar-refractivity contribution in [3.05, 3.63) is 186 Å². The molecule has 4 amide bonds. The minimum absolute atomic E-state index is 0.00849. The highest BCUT2D eigenvalue weighted by Crippen LogP contribution is 2.34. The molecule has 25 nitrogen and oxygen atoms in total. The number of nitrogens with two attached hydrogens (primary N) is 4. The molecule has 7 heterocycles. The van der Waals surface area contributed by atoms with E-state index in [-0.39, 0.29) is 99.5 Å². The molecule has 0 spiro atoms. The van der Waals surface area contributed by atoms with Crippen LogP contribution in [0.3, 0.4) is 0 Å². The summed E-state index contributed by atoms with van der Waals surface area (Å²) in [6.45, 7) is 12.4. The molecule has 11 rings (SSSR count). The molecule has 0 unspecified atom stereocenters. The number of H-pyrrole nitrogens is 4. The minimum Gasteiger partial charge on any atom is -0.398 e. The average molecular weight is 1730 g/mol. The summed E-state index contributed by atoms with van der Waals surface area (Å²) in [4.78, 5) is 64.9. The summed E-state index contributed by atoms with van der Waals surface area (Å²) >= 11 is 18.6. The van der Waals surface area contributed by atoms with Crippen LogP contribution in [0.2, 0.25) is 15.1 Å². The highest BCUT2D eigenvalue weighted by atomic mass is 35.5. The number of halogens is 18. The number of hydrogen-bond donors (Lipinski definition) is 8. The van der Waals surface area contributed by atoms with Gasteiger partial charge in [0, 0.05) is 202 Å². The molecule has 43 heteroatoms. The van der Waals surface area contributed by atoms with Gasteiger partial charge in [-0.1, -0.05) is 72.9 Å². The minimum atomic E-state index is -4.65. The molecule has 4 aromatic carbocycles.